The number of hydrogen-bond acceptors (Lipinski definition) is 2. The van der Waals surface area contributed by atoms with Gasteiger partial charge in [0.25, 0.3) is 0 Å². The van der Waals surface area contributed by atoms with Gasteiger partial charge in [-0.3, -0.25) is 9.78 Å². The molecule has 3 aliphatic carbocycles. The number of pyridine rings is 1. The summed E-state index contributed by atoms with van der Waals surface area (Å²) in [6.07, 6.45) is 8.81. The van der Waals surface area contributed by atoms with Crippen LogP contribution in [0.3, 0.4) is 0 Å². The van der Waals surface area contributed by atoms with Crippen LogP contribution in [0.5, 0.6) is 0 Å². The zero-order chi connectivity index (χ0) is 10.3. The van der Waals surface area contributed by atoms with E-state index in [0.29, 0.717) is 11.7 Å². The summed E-state index contributed by atoms with van der Waals surface area (Å²) in [7, 11) is 0. The van der Waals surface area contributed by atoms with E-state index in [1.165, 1.54) is 11.1 Å². The molecule has 0 amide bonds. The van der Waals surface area contributed by atoms with E-state index in [1.54, 1.807) is 6.20 Å². The van der Waals surface area contributed by atoms with Crippen LogP contribution < -0.4 is 0 Å². The van der Waals surface area contributed by atoms with Gasteiger partial charge in [0.15, 0.2) is 0 Å². The average molecular weight is 199 g/mol. The third-order valence-corrected chi connectivity index (χ3v) is 3.50. The Morgan fingerprint density at radius 3 is 2.87 bits per heavy atom. The van der Waals surface area contributed by atoms with Crippen molar-refractivity contribution in [1.82, 2.24) is 4.98 Å². The van der Waals surface area contributed by atoms with Crippen molar-refractivity contribution in [2.24, 2.45) is 11.8 Å². The number of nitrogens with zero attached hydrogens (tertiary/aromatic N) is 1. The minimum absolute atomic E-state index is 0.185. The molecule has 1 saturated carbocycles. The van der Waals surface area contributed by atoms with E-state index >= 15 is 0 Å². The van der Waals surface area contributed by atoms with E-state index in [1.807, 2.05) is 12.3 Å². The van der Waals surface area contributed by atoms with Crippen LogP contribution in [0, 0.1) is 11.8 Å². The zero-order valence-electron chi connectivity index (χ0n) is 8.52. The van der Waals surface area contributed by atoms with Crippen molar-refractivity contribution >= 4 is 11.4 Å². The second-order valence-corrected chi connectivity index (χ2v) is 4.41. The molecule has 1 aromatic rings. The van der Waals surface area contributed by atoms with Gasteiger partial charge in [0, 0.05) is 24.7 Å². The molecule has 3 aliphatic rings. The van der Waals surface area contributed by atoms with Gasteiger partial charge in [-0.25, -0.2) is 0 Å². The lowest BCUT2D eigenvalue weighted by Crippen LogP contribution is -2.29. The predicted molar refractivity (Wildman–Crippen MR) is 58.1 cm³/mol. The lowest BCUT2D eigenvalue weighted by Gasteiger charge is -2.34. The molecule has 2 bridgehead atoms. The monoisotopic (exact) mass is 199 g/mol. The van der Waals surface area contributed by atoms with Crippen molar-refractivity contribution in [2.75, 3.05) is 0 Å². The molecule has 0 radical (unpaired) electrons. The molecule has 15 heavy (non-hydrogen) atoms. The predicted octanol–water partition coefficient (Wildman–Crippen LogP) is 2.46. The van der Waals surface area contributed by atoms with Crippen LogP contribution in [-0.2, 0) is 4.79 Å². The highest BCUT2D eigenvalue weighted by Crippen LogP contribution is 2.42. The highest BCUT2D eigenvalue weighted by Gasteiger charge is 2.35. The van der Waals surface area contributed by atoms with E-state index in [9.17, 15) is 4.79 Å². The molecule has 2 atom stereocenters. The standard InChI is InChI=1S/C13H13NO/c15-13-7-9-3-4-10(13)6-12(9)11-2-1-5-14-8-11/h1-2,5-6,8-10H,3-4,7H2/t9-,10-/m1/s1. The maximum Gasteiger partial charge on any atom is 0.140 e. The fourth-order valence-electron chi connectivity index (χ4n) is 2.70. The quantitative estimate of drug-likeness (QED) is 0.695. The Balaban J connectivity index is 2.02. The van der Waals surface area contributed by atoms with E-state index in [0.717, 1.165) is 19.3 Å². The number of carbonyl (C=O) groups excluding carboxylic acids is 1. The van der Waals surface area contributed by atoms with Crippen LogP contribution in [0.4, 0.5) is 0 Å². The van der Waals surface area contributed by atoms with E-state index in [4.69, 9.17) is 0 Å². The summed E-state index contributed by atoms with van der Waals surface area (Å²) in [5, 5.41) is 0. The maximum atomic E-state index is 11.6. The molecule has 76 valence electrons. The average Bonchev–Trinajstić information content (AvgIpc) is 2.31. The van der Waals surface area contributed by atoms with Crippen LogP contribution in [-0.4, -0.2) is 10.8 Å². The first-order valence-electron chi connectivity index (χ1n) is 5.49. The Labute approximate surface area is 89.0 Å². The lowest BCUT2D eigenvalue weighted by atomic mass is 9.69. The molecule has 1 aromatic heterocycles. The summed E-state index contributed by atoms with van der Waals surface area (Å²) in [4.78, 5) is 15.7. The molecule has 0 spiro atoms. The highest BCUT2D eigenvalue weighted by atomic mass is 16.1. The number of carbonyl (C=O) groups is 1. The zero-order valence-corrected chi connectivity index (χ0v) is 8.52. The molecule has 4 rings (SSSR count). The van der Waals surface area contributed by atoms with Gasteiger partial charge in [0.05, 0.1) is 0 Å². The summed E-state index contributed by atoms with van der Waals surface area (Å²) in [6, 6.07) is 4.05. The third kappa shape index (κ3) is 1.41. The fourth-order valence-corrected chi connectivity index (χ4v) is 2.70. The Bertz CT molecular complexity index is 421. The van der Waals surface area contributed by atoms with Gasteiger partial charge in [-0.15, -0.1) is 0 Å². The van der Waals surface area contributed by atoms with Crippen LogP contribution in [0.15, 0.2) is 30.6 Å². The van der Waals surface area contributed by atoms with Crippen molar-refractivity contribution in [3.05, 3.63) is 36.2 Å². The largest absolute Gasteiger partial charge is 0.299 e. The van der Waals surface area contributed by atoms with Crippen LogP contribution in [0.25, 0.3) is 5.57 Å². The Morgan fingerprint density at radius 1 is 1.33 bits per heavy atom. The van der Waals surface area contributed by atoms with Gasteiger partial charge in [0.2, 0.25) is 0 Å². The number of ketones is 1. The number of hydrogen-bond donors (Lipinski definition) is 0. The molecular weight excluding hydrogens is 186 g/mol. The van der Waals surface area contributed by atoms with Crippen molar-refractivity contribution in [3.63, 3.8) is 0 Å². The normalized spacial score (nSPS) is 29.1. The summed E-state index contributed by atoms with van der Waals surface area (Å²) < 4.78 is 0. The van der Waals surface area contributed by atoms with Gasteiger partial charge in [-0.1, -0.05) is 12.1 Å². The van der Waals surface area contributed by atoms with Crippen LogP contribution in [0.2, 0.25) is 0 Å². The van der Waals surface area contributed by atoms with Gasteiger partial charge in [-0.2, -0.15) is 0 Å². The van der Waals surface area contributed by atoms with Gasteiger partial charge < -0.3 is 0 Å². The highest BCUT2D eigenvalue weighted by molar-refractivity contribution is 5.91. The third-order valence-electron chi connectivity index (χ3n) is 3.50. The van der Waals surface area contributed by atoms with Gasteiger partial charge in [-0.05, 0) is 36.0 Å². The summed E-state index contributed by atoms with van der Waals surface area (Å²) >= 11 is 0. The first kappa shape index (κ1) is 8.84. The van der Waals surface area contributed by atoms with Crippen molar-refractivity contribution < 1.29 is 4.79 Å². The maximum absolute atomic E-state index is 11.6. The van der Waals surface area contributed by atoms with Crippen LogP contribution >= 0.6 is 0 Å². The second kappa shape index (κ2) is 3.30. The minimum Gasteiger partial charge on any atom is -0.299 e. The molecule has 2 heteroatoms. The molecule has 0 saturated heterocycles. The molecule has 2 nitrogen and oxygen atoms in total. The van der Waals surface area contributed by atoms with E-state index in [-0.39, 0.29) is 5.92 Å². The summed E-state index contributed by atoms with van der Waals surface area (Å²) in [6.45, 7) is 0. The second-order valence-electron chi connectivity index (χ2n) is 4.41. The first-order chi connectivity index (χ1) is 7.34. The smallest absolute Gasteiger partial charge is 0.140 e. The molecule has 0 aromatic carbocycles. The number of fused-ring (bicyclic) bond motifs is 2. The molecule has 0 N–H and O–H groups in total. The molecule has 1 fully saturated rings. The molecular formula is C13H13NO. The SMILES string of the molecule is O=C1C[C@H]2CC[C@@H]1C=C2c1cccnc1. The Hall–Kier alpha value is -1.44. The Morgan fingerprint density at radius 2 is 2.27 bits per heavy atom. The lowest BCUT2D eigenvalue weighted by molar-refractivity contribution is -0.124. The first-order valence-corrected chi connectivity index (χ1v) is 5.49. The number of aromatic nitrogens is 1. The number of Topliss-reactive ketones (excluding diaryl/α,β-unsaturated/α-hetero) is 1. The van der Waals surface area contributed by atoms with Gasteiger partial charge in [0.1, 0.15) is 5.78 Å². The minimum atomic E-state index is 0.185. The van der Waals surface area contributed by atoms with Crippen molar-refractivity contribution in [1.29, 1.82) is 0 Å². The van der Waals surface area contributed by atoms with E-state index < -0.39 is 0 Å². The fraction of sp³-hybridized carbons (Fsp3) is 0.385. The number of rotatable bonds is 1. The summed E-state index contributed by atoms with van der Waals surface area (Å²) in [5.74, 6) is 1.07. The topological polar surface area (TPSA) is 30.0 Å². The molecule has 1 heterocycles. The van der Waals surface area contributed by atoms with E-state index in [2.05, 4.69) is 17.1 Å². The molecule has 0 unspecified atom stereocenters. The van der Waals surface area contributed by atoms with Crippen molar-refractivity contribution in [2.45, 2.75) is 19.3 Å². The molecule has 0 aliphatic heterocycles. The Kier molecular flexibility index (Phi) is 1.94. The summed E-state index contributed by atoms with van der Waals surface area (Å²) in [5.41, 5.74) is 2.54. The van der Waals surface area contributed by atoms with Gasteiger partial charge >= 0.3 is 0 Å². The van der Waals surface area contributed by atoms with Crippen LogP contribution in [0.1, 0.15) is 24.8 Å². The van der Waals surface area contributed by atoms with Crippen molar-refractivity contribution in [3.8, 4) is 0 Å². The number of allylic oxidation sites excluding steroid dienone is 2.